The van der Waals surface area contributed by atoms with Gasteiger partial charge in [0.2, 0.25) is 10.0 Å². The third-order valence-corrected chi connectivity index (χ3v) is 6.52. The number of sulfonamides is 1. The van der Waals surface area contributed by atoms with Crippen LogP contribution in [0, 0.1) is 6.92 Å². The van der Waals surface area contributed by atoms with Crippen molar-refractivity contribution in [3.8, 4) is 0 Å². The van der Waals surface area contributed by atoms with Gasteiger partial charge in [-0.15, -0.1) is 11.3 Å². The summed E-state index contributed by atoms with van der Waals surface area (Å²) in [6.45, 7) is 2.92. The van der Waals surface area contributed by atoms with Crippen LogP contribution in [-0.2, 0) is 16.6 Å². The summed E-state index contributed by atoms with van der Waals surface area (Å²) in [7, 11) is -3.45. The number of aromatic nitrogens is 2. The summed E-state index contributed by atoms with van der Waals surface area (Å²) in [6.07, 6.45) is 2.54. The SMILES string of the molecule is Cc1nn(CCCNS(=O)(=O)c2ccc(Cl)s2)cc1Br. The third-order valence-electron chi connectivity index (χ3n) is 2.56. The summed E-state index contributed by atoms with van der Waals surface area (Å²) < 4.78 is 29.8. The number of thiophene rings is 1. The Morgan fingerprint density at radius 1 is 1.50 bits per heavy atom. The maximum atomic E-state index is 11.9. The van der Waals surface area contributed by atoms with Gasteiger partial charge in [0.05, 0.1) is 14.5 Å². The molecule has 110 valence electrons. The van der Waals surface area contributed by atoms with E-state index in [1.54, 1.807) is 10.7 Å². The molecule has 0 radical (unpaired) electrons. The highest BCUT2D eigenvalue weighted by Gasteiger charge is 2.15. The van der Waals surface area contributed by atoms with Gasteiger partial charge in [-0.3, -0.25) is 4.68 Å². The predicted molar refractivity (Wildman–Crippen MR) is 83.8 cm³/mol. The van der Waals surface area contributed by atoms with Gasteiger partial charge in [0.1, 0.15) is 4.21 Å². The number of rotatable bonds is 6. The van der Waals surface area contributed by atoms with E-state index < -0.39 is 10.0 Å². The molecule has 1 N–H and O–H groups in total. The first-order valence-electron chi connectivity index (χ1n) is 5.83. The van der Waals surface area contributed by atoms with Crippen LogP contribution in [0.3, 0.4) is 0 Å². The van der Waals surface area contributed by atoms with Crippen molar-refractivity contribution < 1.29 is 8.42 Å². The molecule has 2 heterocycles. The molecular formula is C11H13BrClN3O2S2. The van der Waals surface area contributed by atoms with Crippen LogP contribution in [0.4, 0.5) is 0 Å². The van der Waals surface area contributed by atoms with Gasteiger partial charge in [-0.25, -0.2) is 13.1 Å². The van der Waals surface area contributed by atoms with Crippen molar-refractivity contribution in [2.45, 2.75) is 24.1 Å². The van der Waals surface area contributed by atoms with E-state index >= 15 is 0 Å². The van der Waals surface area contributed by atoms with E-state index in [9.17, 15) is 8.42 Å². The minimum absolute atomic E-state index is 0.236. The standard InChI is InChI=1S/C11H13BrClN3O2S2/c1-8-9(12)7-16(15-8)6-2-5-14-20(17,18)11-4-3-10(13)19-11/h3-4,7,14H,2,5-6H2,1H3. The Balaban J connectivity index is 1.84. The lowest BCUT2D eigenvalue weighted by Crippen LogP contribution is -2.24. The largest absolute Gasteiger partial charge is 0.271 e. The topological polar surface area (TPSA) is 64.0 Å². The molecule has 5 nitrogen and oxygen atoms in total. The van der Waals surface area contributed by atoms with Gasteiger partial charge in [-0.05, 0) is 41.4 Å². The van der Waals surface area contributed by atoms with Gasteiger partial charge in [-0.2, -0.15) is 5.10 Å². The zero-order valence-corrected chi connectivity index (χ0v) is 14.6. The second-order valence-electron chi connectivity index (χ2n) is 4.14. The van der Waals surface area contributed by atoms with Crippen LogP contribution in [0.5, 0.6) is 0 Å². The zero-order valence-electron chi connectivity index (χ0n) is 10.6. The monoisotopic (exact) mass is 397 g/mol. The summed E-state index contributed by atoms with van der Waals surface area (Å²) in [5.41, 5.74) is 0.916. The van der Waals surface area contributed by atoms with Crippen LogP contribution in [0.15, 0.2) is 27.0 Å². The molecule has 2 aromatic rings. The molecule has 9 heteroatoms. The normalized spacial score (nSPS) is 11.9. The Morgan fingerprint density at radius 2 is 2.25 bits per heavy atom. The van der Waals surface area contributed by atoms with E-state index in [4.69, 9.17) is 11.6 Å². The number of halogens is 2. The molecule has 0 aliphatic rings. The molecule has 0 aliphatic heterocycles. The number of hydrogen-bond donors (Lipinski definition) is 1. The average Bonchev–Trinajstić information content (AvgIpc) is 2.93. The number of aryl methyl sites for hydroxylation is 2. The summed E-state index contributed by atoms with van der Waals surface area (Å²) in [4.78, 5) is 0. The van der Waals surface area contributed by atoms with Crippen LogP contribution in [0.2, 0.25) is 4.34 Å². The lowest BCUT2D eigenvalue weighted by atomic mass is 10.4. The van der Waals surface area contributed by atoms with Crippen molar-refractivity contribution in [3.05, 3.63) is 32.8 Å². The lowest BCUT2D eigenvalue weighted by Gasteiger charge is -2.04. The highest BCUT2D eigenvalue weighted by atomic mass is 79.9. The smallest absolute Gasteiger partial charge is 0.250 e. The van der Waals surface area contributed by atoms with E-state index in [2.05, 4.69) is 25.8 Å². The van der Waals surface area contributed by atoms with Crippen molar-refractivity contribution in [2.75, 3.05) is 6.54 Å². The Hall–Kier alpha value is -0.410. The fraction of sp³-hybridized carbons (Fsp3) is 0.364. The molecule has 0 bridgehead atoms. The van der Waals surface area contributed by atoms with Gasteiger partial charge in [0.15, 0.2) is 0 Å². The molecule has 0 aliphatic carbocycles. The minimum atomic E-state index is -3.45. The Morgan fingerprint density at radius 3 is 2.80 bits per heavy atom. The van der Waals surface area contributed by atoms with Gasteiger partial charge < -0.3 is 0 Å². The molecule has 0 aromatic carbocycles. The summed E-state index contributed by atoms with van der Waals surface area (Å²) >= 11 is 10.2. The van der Waals surface area contributed by atoms with E-state index in [0.29, 0.717) is 23.8 Å². The molecule has 0 unspecified atom stereocenters. The average molecular weight is 399 g/mol. The van der Waals surface area contributed by atoms with E-state index in [-0.39, 0.29) is 4.21 Å². The second-order valence-corrected chi connectivity index (χ2v) is 8.70. The van der Waals surface area contributed by atoms with Crippen LogP contribution in [0.1, 0.15) is 12.1 Å². The van der Waals surface area contributed by atoms with Crippen molar-refractivity contribution in [1.82, 2.24) is 14.5 Å². The van der Waals surface area contributed by atoms with Crippen molar-refractivity contribution in [1.29, 1.82) is 0 Å². The third kappa shape index (κ3) is 4.05. The van der Waals surface area contributed by atoms with Crippen LogP contribution < -0.4 is 4.72 Å². The molecule has 0 atom stereocenters. The molecule has 0 saturated carbocycles. The van der Waals surface area contributed by atoms with E-state index in [0.717, 1.165) is 21.5 Å². The Labute approximate surface area is 135 Å². The van der Waals surface area contributed by atoms with Gasteiger partial charge in [0, 0.05) is 19.3 Å². The van der Waals surface area contributed by atoms with Crippen molar-refractivity contribution in [3.63, 3.8) is 0 Å². The lowest BCUT2D eigenvalue weighted by molar-refractivity contribution is 0.552. The van der Waals surface area contributed by atoms with Crippen LogP contribution in [0.25, 0.3) is 0 Å². The molecule has 0 spiro atoms. The molecule has 0 saturated heterocycles. The minimum Gasteiger partial charge on any atom is -0.271 e. The van der Waals surface area contributed by atoms with E-state index in [1.807, 2.05) is 13.1 Å². The molecular weight excluding hydrogens is 386 g/mol. The predicted octanol–water partition coefficient (Wildman–Crippen LogP) is 3.04. The highest BCUT2D eigenvalue weighted by molar-refractivity contribution is 9.10. The number of hydrogen-bond acceptors (Lipinski definition) is 4. The number of nitrogens with zero attached hydrogens (tertiary/aromatic N) is 2. The van der Waals surface area contributed by atoms with Gasteiger partial charge in [-0.1, -0.05) is 11.6 Å². The maximum Gasteiger partial charge on any atom is 0.250 e. The second kappa shape index (κ2) is 6.57. The molecule has 0 fully saturated rings. The molecule has 20 heavy (non-hydrogen) atoms. The van der Waals surface area contributed by atoms with Gasteiger partial charge >= 0.3 is 0 Å². The Bertz CT molecular complexity index is 677. The first kappa shape index (κ1) is 16.0. The first-order valence-corrected chi connectivity index (χ1v) is 9.30. The van der Waals surface area contributed by atoms with Gasteiger partial charge in [0.25, 0.3) is 0 Å². The summed E-state index contributed by atoms with van der Waals surface area (Å²) in [5.74, 6) is 0. The van der Waals surface area contributed by atoms with Crippen molar-refractivity contribution >= 4 is 48.9 Å². The molecule has 2 rings (SSSR count). The van der Waals surface area contributed by atoms with Crippen molar-refractivity contribution in [2.24, 2.45) is 0 Å². The summed E-state index contributed by atoms with van der Waals surface area (Å²) in [6, 6.07) is 3.08. The van der Waals surface area contributed by atoms with Crippen LogP contribution in [-0.4, -0.2) is 24.7 Å². The number of nitrogens with one attached hydrogen (secondary N) is 1. The first-order chi connectivity index (χ1) is 9.38. The summed E-state index contributed by atoms with van der Waals surface area (Å²) in [5, 5.41) is 4.28. The molecule has 0 amide bonds. The highest BCUT2D eigenvalue weighted by Crippen LogP contribution is 2.25. The fourth-order valence-electron chi connectivity index (χ4n) is 1.57. The maximum absolute atomic E-state index is 11.9. The molecule has 2 aromatic heterocycles. The van der Waals surface area contributed by atoms with Crippen LogP contribution >= 0.6 is 38.9 Å². The fourth-order valence-corrected chi connectivity index (χ4v) is 4.49. The van der Waals surface area contributed by atoms with E-state index in [1.165, 1.54) is 6.07 Å². The Kier molecular flexibility index (Phi) is 5.25. The quantitative estimate of drug-likeness (QED) is 0.761. The zero-order chi connectivity index (χ0) is 14.8.